The molecule has 1 saturated carbocycles. The molecule has 15 heteroatoms. The summed E-state index contributed by atoms with van der Waals surface area (Å²) in [5, 5.41) is 16.8. The number of rotatable bonds is 10. The van der Waals surface area contributed by atoms with E-state index in [0.29, 0.717) is 47.4 Å². The number of hydrogen-bond acceptors (Lipinski definition) is 10. The predicted molar refractivity (Wildman–Crippen MR) is 243 cm³/mol. The van der Waals surface area contributed by atoms with Gasteiger partial charge in [0.2, 0.25) is 11.8 Å². The number of amides is 3. The van der Waals surface area contributed by atoms with E-state index in [1.165, 1.54) is 10.4 Å². The van der Waals surface area contributed by atoms with E-state index in [-0.39, 0.29) is 36.0 Å². The fraction of sp³-hybridized carbons (Fsp3) is 0.391. The molecule has 61 heavy (non-hydrogen) atoms. The quantitative estimate of drug-likeness (QED) is 0.121. The van der Waals surface area contributed by atoms with Gasteiger partial charge in [-0.25, -0.2) is 0 Å². The Morgan fingerprint density at radius 2 is 1.70 bits per heavy atom. The van der Waals surface area contributed by atoms with Gasteiger partial charge in [-0.2, -0.15) is 12.6 Å². The van der Waals surface area contributed by atoms with E-state index in [0.717, 1.165) is 84.1 Å². The summed E-state index contributed by atoms with van der Waals surface area (Å²) >= 11 is 12.2. The molecule has 1 spiro atoms. The molecule has 2 N–H and O–H groups in total. The third kappa shape index (κ3) is 7.99. The van der Waals surface area contributed by atoms with Crippen LogP contribution in [0.5, 0.6) is 5.75 Å². The number of aryl methyl sites for hydroxylation is 2. The first-order valence-electron chi connectivity index (χ1n) is 21.0. The number of aliphatic imine (C=N–C) groups is 1. The van der Waals surface area contributed by atoms with Crippen molar-refractivity contribution < 1.29 is 19.1 Å². The maximum atomic E-state index is 13.6. The zero-order chi connectivity index (χ0) is 42.4. The van der Waals surface area contributed by atoms with E-state index in [1.807, 2.05) is 49.4 Å². The molecule has 9 rings (SSSR count). The Labute approximate surface area is 370 Å². The third-order valence-electron chi connectivity index (χ3n) is 12.6. The summed E-state index contributed by atoms with van der Waals surface area (Å²) in [6.45, 7) is 9.16. The molecule has 0 bridgehead atoms. The maximum absolute atomic E-state index is 13.6. The van der Waals surface area contributed by atoms with Crippen LogP contribution in [-0.4, -0.2) is 73.6 Å². The van der Waals surface area contributed by atoms with E-state index < -0.39 is 11.6 Å². The molecule has 0 radical (unpaired) electrons. The largest absolute Gasteiger partial charge is 0.490 e. The number of benzene rings is 3. The Morgan fingerprint density at radius 3 is 2.43 bits per heavy atom. The first-order chi connectivity index (χ1) is 29.5. The van der Waals surface area contributed by atoms with E-state index in [4.69, 9.17) is 21.3 Å². The summed E-state index contributed by atoms with van der Waals surface area (Å²) in [6.07, 6.45) is 5.06. The number of nitrogens with zero attached hydrogens (tertiary/aromatic N) is 6. The molecule has 5 heterocycles. The number of halogens is 1. The van der Waals surface area contributed by atoms with Crippen LogP contribution in [0.2, 0.25) is 5.02 Å². The highest BCUT2D eigenvalue weighted by Gasteiger charge is 2.52. The van der Waals surface area contributed by atoms with Gasteiger partial charge in [-0.1, -0.05) is 60.8 Å². The Kier molecular flexibility index (Phi) is 11.5. The Balaban J connectivity index is 0.793. The highest BCUT2D eigenvalue weighted by Crippen LogP contribution is 2.47. The molecule has 4 aliphatic rings. The number of piperidine rings is 1. The van der Waals surface area contributed by atoms with Gasteiger partial charge in [-0.3, -0.25) is 33.7 Å². The lowest BCUT2D eigenvalue weighted by Gasteiger charge is -2.44. The van der Waals surface area contributed by atoms with Crippen molar-refractivity contribution in [3.05, 3.63) is 116 Å². The summed E-state index contributed by atoms with van der Waals surface area (Å²) in [4.78, 5) is 50.6. The monoisotopic (exact) mass is 876 g/mol. The summed E-state index contributed by atoms with van der Waals surface area (Å²) in [7, 11) is 0. The van der Waals surface area contributed by atoms with Crippen molar-refractivity contribution in [3.8, 4) is 10.8 Å². The van der Waals surface area contributed by atoms with Crippen LogP contribution < -0.4 is 20.3 Å². The first kappa shape index (κ1) is 41.3. The zero-order valence-corrected chi connectivity index (χ0v) is 37.0. The van der Waals surface area contributed by atoms with Crippen LogP contribution in [0, 0.1) is 20.8 Å². The zero-order valence-electron chi connectivity index (χ0n) is 34.5. The minimum absolute atomic E-state index is 0.0439. The molecule has 1 aliphatic carbocycles. The molecule has 1 saturated heterocycles. The molecule has 2 aromatic heterocycles. The number of thiol groups is 1. The number of carbonyl (C=O) groups excluding carboxylic acids is 3. The van der Waals surface area contributed by atoms with E-state index >= 15 is 0 Å². The van der Waals surface area contributed by atoms with E-state index in [2.05, 4.69) is 81.0 Å². The van der Waals surface area contributed by atoms with Gasteiger partial charge >= 0.3 is 0 Å². The lowest BCUT2D eigenvalue weighted by atomic mass is 9.90. The van der Waals surface area contributed by atoms with Gasteiger partial charge in [0.25, 0.3) is 5.91 Å². The van der Waals surface area contributed by atoms with Gasteiger partial charge in [-0.15, -0.1) is 21.5 Å². The van der Waals surface area contributed by atoms with Crippen molar-refractivity contribution in [1.29, 1.82) is 0 Å². The normalized spacial score (nSPS) is 18.5. The van der Waals surface area contributed by atoms with Gasteiger partial charge in [-0.05, 0) is 87.4 Å². The fourth-order valence-electron chi connectivity index (χ4n) is 9.29. The summed E-state index contributed by atoms with van der Waals surface area (Å²) < 4.78 is 8.49. The number of anilines is 2. The number of hydrogen-bond donors (Lipinski definition) is 3. The smallest absolute Gasteiger partial charge is 0.250 e. The first-order valence-corrected chi connectivity index (χ1v) is 22.8. The number of thiophene rings is 1. The van der Waals surface area contributed by atoms with Gasteiger partial charge in [0.1, 0.15) is 34.3 Å². The number of aromatic nitrogens is 3. The van der Waals surface area contributed by atoms with Crippen LogP contribution in [0.1, 0.15) is 95.3 Å². The molecular formula is C46H49ClN8O4S2. The van der Waals surface area contributed by atoms with Crippen molar-refractivity contribution in [2.75, 3.05) is 29.1 Å². The molecule has 5 aromatic rings. The molecular weight excluding hydrogens is 828 g/mol. The van der Waals surface area contributed by atoms with Gasteiger partial charge < -0.3 is 15.4 Å². The van der Waals surface area contributed by atoms with Crippen molar-refractivity contribution >= 4 is 70.4 Å². The van der Waals surface area contributed by atoms with Gasteiger partial charge in [0.15, 0.2) is 5.82 Å². The molecule has 12 nitrogen and oxygen atoms in total. The lowest BCUT2D eigenvalue weighted by Crippen LogP contribution is -2.61. The molecule has 316 valence electrons. The molecule has 3 aliphatic heterocycles. The van der Waals surface area contributed by atoms with Gasteiger partial charge in [0, 0.05) is 53.3 Å². The highest BCUT2D eigenvalue weighted by molar-refractivity contribution is 7.81. The maximum Gasteiger partial charge on any atom is 0.250 e. The number of nitrogens with one attached hydrogen (secondary N) is 2. The van der Waals surface area contributed by atoms with Crippen molar-refractivity contribution in [1.82, 2.24) is 25.0 Å². The summed E-state index contributed by atoms with van der Waals surface area (Å²) in [6, 6.07) is 21.2. The van der Waals surface area contributed by atoms with Crippen molar-refractivity contribution in [3.63, 3.8) is 0 Å². The summed E-state index contributed by atoms with van der Waals surface area (Å²) in [5.41, 5.74) is 6.65. The lowest BCUT2D eigenvalue weighted by molar-refractivity contribution is -0.126. The average Bonchev–Trinajstić information content (AvgIpc) is 3.95. The minimum atomic E-state index is -0.827. The van der Waals surface area contributed by atoms with Crippen LogP contribution in [0.4, 0.5) is 11.4 Å². The second-order valence-electron chi connectivity index (χ2n) is 16.6. The molecule has 0 unspecified atom stereocenters. The minimum Gasteiger partial charge on any atom is -0.490 e. The summed E-state index contributed by atoms with van der Waals surface area (Å²) in [5.74, 6) is 1.74. The molecule has 3 aromatic carbocycles. The average molecular weight is 878 g/mol. The number of fused-ring (bicyclic) bond motifs is 4. The van der Waals surface area contributed by atoms with Gasteiger partial charge in [0.05, 0.1) is 29.3 Å². The number of ether oxygens (including phenoxy) is 1. The second kappa shape index (κ2) is 17.0. The Morgan fingerprint density at radius 1 is 0.984 bits per heavy atom. The molecule has 2 fully saturated rings. The van der Waals surface area contributed by atoms with Crippen LogP contribution in [0.25, 0.3) is 5.00 Å². The van der Waals surface area contributed by atoms with Crippen LogP contribution in [-0.2, 0) is 27.5 Å². The molecule has 3 amide bonds. The Hall–Kier alpha value is -5.02. The number of likely N-dealkylation sites (tertiary alicyclic amines) is 1. The Bertz CT molecular complexity index is 2520. The van der Waals surface area contributed by atoms with Crippen molar-refractivity contribution in [2.45, 2.75) is 96.5 Å². The fourth-order valence-corrected chi connectivity index (χ4v) is 10.8. The van der Waals surface area contributed by atoms with E-state index in [1.54, 1.807) is 16.2 Å². The van der Waals surface area contributed by atoms with Crippen molar-refractivity contribution in [2.24, 2.45) is 4.99 Å². The van der Waals surface area contributed by atoms with Crippen LogP contribution in [0.15, 0.2) is 71.7 Å². The molecule has 1 atom stereocenters. The standard InChI is InChI=1S/C46H49ClN8O4S2/c1-27-28(2)61-44-41(27)42(32-10-12-33(47)13-11-32)49-37(43-52-51-29(3)54(43)44)23-39(56)48-24-30-6-8-31(9-7-30)25-53-20-16-34(17-21-53)59-35-14-15-38-36(22-35)50-45(58)46(18-4-5-19-46)55(38)40(57)26-60/h6-15,22,34,37,60H,4-5,16-21,23-26H2,1-3H3,(H,48,56)(H,50,58)/t37-/m0/s1. The SMILES string of the molecule is Cc1sc2c(c1C)C(c1ccc(Cl)cc1)=N[C@@H](CC(=O)NCc1ccc(CN3CCC(Oc4ccc5c(c4)NC(=O)C4(CCCC4)N5C(=O)CS)CC3)cc1)c1nnc(C)n1-2. The third-order valence-corrected chi connectivity index (χ3v) is 14.3. The highest BCUT2D eigenvalue weighted by atomic mass is 35.5. The van der Waals surface area contributed by atoms with Crippen LogP contribution >= 0.6 is 35.6 Å². The second-order valence-corrected chi connectivity index (χ2v) is 18.5. The number of carbonyl (C=O) groups is 3. The van der Waals surface area contributed by atoms with Crippen LogP contribution in [0.3, 0.4) is 0 Å². The predicted octanol–water partition coefficient (Wildman–Crippen LogP) is 8.08. The van der Waals surface area contributed by atoms with E-state index in [9.17, 15) is 14.4 Å². The topological polar surface area (TPSA) is 134 Å².